The van der Waals surface area contributed by atoms with Crippen LogP contribution in [0.2, 0.25) is 0 Å². The van der Waals surface area contributed by atoms with Crippen LogP contribution in [0.25, 0.3) is 11.1 Å². The van der Waals surface area contributed by atoms with Crippen molar-refractivity contribution >= 4 is 21.1 Å². The molecular weight excluding hydrogens is 340 g/mol. The zero-order valence-corrected chi connectivity index (χ0v) is 15.4. The number of hydrogen-bond donors (Lipinski definition) is 2. The molecule has 0 unspecified atom stereocenters. The molecule has 1 saturated carbocycles. The summed E-state index contributed by atoms with van der Waals surface area (Å²) in [6, 6.07) is 2.09. The van der Waals surface area contributed by atoms with Gasteiger partial charge in [-0.2, -0.15) is 0 Å². The van der Waals surface area contributed by atoms with Crippen LogP contribution in [-0.4, -0.2) is 37.7 Å². The van der Waals surface area contributed by atoms with Crippen LogP contribution in [-0.2, 0) is 16.4 Å². The van der Waals surface area contributed by atoms with Crippen molar-refractivity contribution in [2.24, 2.45) is 0 Å². The van der Waals surface area contributed by atoms with Crippen molar-refractivity contribution < 1.29 is 12.9 Å². The highest BCUT2D eigenvalue weighted by Gasteiger charge is 2.18. The molecule has 0 saturated heterocycles. The van der Waals surface area contributed by atoms with Crippen LogP contribution >= 0.6 is 0 Å². The minimum Gasteiger partial charge on any atom is -0.336 e. The maximum absolute atomic E-state index is 12.5. The van der Waals surface area contributed by atoms with Gasteiger partial charge in [-0.05, 0) is 25.3 Å². The summed E-state index contributed by atoms with van der Waals surface area (Å²) >= 11 is 0. The zero-order valence-electron chi connectivity index (χ0n) is 14.6. The van der Waals surface area contributed by atoms with Gasteiger partial charge in [-0.1, -0.05) is 37.8 Å². The third kappa shape index (κ3) is 4.56. The highest BCUT2D eigenvalue weighted by Crippen LogP contribution is 2.20. The van der Waals surface area contributed by atoms with Crippen molar-refractivity contribution in [1.82, 2.24) is 20.2 Å². The van der Waals surface area contributed by atoms with E-state index in [1.54, 1.807) is 6.07 Å². The number of aryl methyl sites for hydroxylation is 1. The van der Waals surface area contributed by atoms with Crippen molar-refractivity contribution in [3.05, 3.63) is 18.0 Å². The molecule has 0 aliphatic heterocycles. The lowest BCUT2D eigenvalue weighted by Crippen LogP contribution is -2.36. The third-order valence-electron chi connectivity index (χ3n) is 4.73. The van der Waals surface area contributed by atoms with E-state index in [1.165, 1.54) is 44.7 Å². The monoisotopic (exact) mass is 366 g/mol. The largest absolute Gasteiger partial charge is 0.336 e. The summed E-state index contributed by atoms with van der Waals surface area (Å²) < 4.78 is 32.7. The molecule has 1 aliphatic rings. The van der Waals surface area contributed by atoms with Crippen LogP contribution in [0, 0.1) is 0 Å². The average molecular weight is 366 g/mol. The molecule has 138 valence electrons. The molecule has 0 atom stereocenters. The standard InChI is InChI=1S/C17H26N4O3S/c1-2-16-15-11-14(12-19-17(15)24-21-16)25(22,23)20-10-9-18-13-7-5-3-4-6-8-13/h11-13,18,20H,2-10H2,1H3. The first-order valence-corrected chi connectivity index (χ1v) is 10.6. The lowest BCUT2D eigenvalue weighted by molar-refractivity contribution is 0.439. The molecule has 0 radical (unpaired) electrons. The maximum atomic E-state index is 12.5. The molecule has 3 rings (SSSR count). The quantitative estimate of drug-likeness (QED) is 0.577. The predicted octanol–water partition coefficient (Wildman–Crippen LogP) is 2.38. The van der Waals surface area contributed by atoms with Gasteiger partial charge in [0.1, 0.15) is 4.90 Å². The Labute approximate surface area is 148 Å². The van der Waals surface area contributed by atoms with Gasteiger partial charge in [0, 0.05) is 19.1 Å². The summed E-state index contributed by atoms with van der Waals surface area (Å²) in [6.07, 6.45) is 9.47. The molecule has 8 heteroatoms. The fourth-order valence-electron chi connectivity index (χ4n) is 3.29. The van der Waals surface area contributed by atoms with Crippen molar-refractivity contribution in [2.45, 2.75) is 62.8 Å². The van der Waals surface area contributed by atoms with Crippen molar-refractivity contribution in [2.75, 3.05) is 13.1 Å². The van der Waals surface area contributed by atoms with Crippen molar-refractivity contribution in [3.8, 4) is 0 Å². The first kappa shape index (κ1) is 18.3. The smallest absolute Gasteiger partial charge is 0.258 e. The molecular formula is C17H26N4O3S. The summed E-state index contributed by atoms with van der Waals surface area (Å²) in [5, 5.41) is 8.03. The Balaban J connectivity index is 1.58. The van der Waals surface area contributed by atoms with Crippen LogP contribution in [0.15, 0.2) is 21.7 Å². The van der Waals surface area contributed by atoms with Crippen LogP contribution in [0.1, 0.15) is 51.1 Å². The van der Waals surface area contributed by atoms with Gasteiger partial charge in [-0.15, -0.1) is 0 Å². The van der Waals surface area contributed by atoms with E-state index in [9.17, 15) is 8.42 Å². The average Bonchev–Trinajstić information content (AvgIpc) is 2.84. The topological polar surface area (TPSA) is 97.1 Å². The van der Waals surface area contributed by atoms with E-state index in [1.807, 2.05) is 6.92 Å². The van der Waals surface area contributed by atoms with E-state index >= 15 is 0 Å². The lowest BCUT2D eigenvalue weighted by atomic mass is 10.1. The second kappa shape index (κ2) is 8.25. The van der Waals surface area contributed by atoms with E-state index in [4.69, 9.17) is 4.52 Å². The molecule has 0 spiro atoms. The number of hydrogen-bond acceptors (Lipinski definition) is 6. The molecule has 1 aliphatic carbocycles. The zero-order chi connectivity index (χ0) is 17.7. The Morgan fingerprint density at radius 1 is 1.20 bits per heavy atom. The predicted molar refractivity (Wildman–Crippen MR) is 95.9 cm³/mol. The SMILES string of the molecule is CCc1noc2ncc(S(=O)(=O)NCCNC3CCCCCC3)cc12. The summed E-state index contributed by atoms with van der Waals surface area (Å²) in [4.78, 5) is 4.21. The normalized spacial score (nSPS) is 17.0. The number of rotatable bonds is 7. The van der Waals surface area contributed by atoms with Gasteiger partial charge in [0.25, 0.3) is 5.71 Å². The number of pyridine rings is 1. The molecule has 0 bridgehead atoms. The van der Waals surface area contributed by atoms with E-state index in [0.717, 1.165) is 5.69 Å². The third-order valence-corrected chi connectivity index (χ3v) is 6.16. The molecule has 7 nitrogen and oxygen atoms in total. The van der Waals surface area contributed by atoms with E-state index in [0.29, 0.717) is 36.7 Å². The number of aromatic nitrogens is 2. The summed E-state index contributed by atoms with van der Waals surface area (Å²) in [5.74, 6) is 0. The Kier molecular flexibility index (Phi) is 6.03. The van der Waals surface area contributed by atoms with Crippen molar-refractivity contribution in [3.63, 3.8) is 0 Å². The van der Waals surface area contributed by atoms with Crippen molar-refractivity contribution in [1.29, 1.82) is 0 Å². The first-order chi connectivity index (χ1) is 12.1. The van der Waals surface area contributed by atoms with Gasteiger partial charge in [0.15, 0.2) is 0 Å². The fourth-order valence-corrected chi connectivity index (χ4v) is 4.29. The second-order valence-corrected chi connectivity index (χ2v) is 8.31. The number of nitrogens with zero attached hydrogens (tertiary/aromatic N) is 2. The fraction of sp³-hybridized carbons (Fsp3) is 0.647. The van der Waals surface area contributed by atoms with Crippen LogP contribution in [0.3, 0.4) is 0 Å². The number of nitrogens with one attached hydrogen (secondary N) is 2. The molecule has 25 heavy (non-hydrogen) atoms. The molecule has 0 aromatic carbocycles. The molecule has 2 N–H and O–H groups in total. The highest BCUT2D eigenvalue weighted by molar-refractivity contribution is 7.89. The molecule has 2 aromatic rings. The van der Waals surface area contributed by atoms with Gasteiger partial charge >= 0.3 is 0 Å². The first-order valence-electron chi connectivity index (χ1n) is 9.07. The van der Waals surface area contributed by atoms with Crippen LogP contribution < -0.4 is 10.0 Å². The van der Waals surface area contributed by atoms with Crippen LogP contribution in [0.5, 0.6) is 0 Å². The van der Waals surface area contributed by atoms with Gasteiger partial charge in [-0.3, -0.25) is 0 Å². The summed E-state index contributed by atoms with van der Waals surface area (Å²) in [5.41, 5.74) is 1.08. The maximum Gasteiger partial charge on any atom is 0.258 e. The summed E-state index contributed by atoms with van der Waals surface area (Å²) in [6.45, 7) is 2.93. The van der Waals surface area contributed by atoms with E-state index in [2.05, 4.69) is 20.2 Å². The minimum absolute atomic E-state index is 0.146. The highest BCUT2D eigenvalue weighted by atomic mass is 32.2. The Morgan fingerprint density at radius 2 is 1.96 bits per heavy atom. The molecule has 0 amide bonds. The molecule has 1 fully saturated rings. The van der Waals surface area contributed by atoms with Crippen LogP contribution in [0.4, 0.5) is 0 Å². The van der Waals surface area contributed by atoms with E-state index < -0.39 is 10.0 Å². The molecule has 2 heterocycles. The number of fused-ring (bicyclic) bond motifs is 1. The Hall–Kier alpha value is -1.51. The van der Waals surface area contributed by atoms with Gasteiger partial charge in [0.05, 0.1) is 17.3 Å². The lowest BCUT2D eigenvalue weighted by Gasteiger charge is -2.16. The minimum atomic E-state index is -3.59. The Morgan fingerprint density at radius 3 is 2.68 bits per heavy atom. The van der Waals surface area contributed by atoms with Gasteiger partial charge in [-0.25, -0.2) is 18.1 Å². The second-order valence-electron chi connectivity index (χ2n) is 6.55. The molecule has 2 aromatic heterocycles. The Bertz CT molecular complexity index is 795. The number of sulfonamides is 1. The summed E-state index contributed by atoms with van der Waals surface area (Å²) in [7, 11) is -3.59. The van der Waals surface area contributed by atoms with Gasteiger partial charge in [0.2, 0.25) is 10.0 Å². The van der Waals surface area contributed by atoms with E-state index in [-0.39, 0.29) is 4.90 Å². The van der Waals surface area contributed by atoms with Gasteiger partial charge < -0.3 is 9.84 Å².